The third kappa shape index (κ3) is 7.89. The molecule has 0 unspecified atom stereocenters. The second-order valence-corrected chi connectivity index (χ2v) is 7.60. The fourth-order valence-electron chi connectivity index (χ4n) is 1.77. The van der Waals surface area contributed by atoms with Crippen molar-refractivity contribution in [3.05, 3.63) is 30.0 Å². The van der Waals surface area contributed by atoms with Gasteiger partial charge in [-0.1, -0.05) is 0 Å². The number of hydrogen-bond donors (Lipinski definition) is 0. The number of esters is 1. The molecule has 0 fully saturated rings. The van der Waals surface area contributed by atoms with E-state index in [4.69, 9.17) is 9.47 Å². The Labute approximate surface area is 159 Å². The molecule has 27 heavy (non-hydrogen) atoms. The van der Waals surface area contributed by atoms with Crippen molar-refractivity contribution >= 4 is 30.0 Å². The molecule has 8 heteroatoms. The second kappa shape index (κ2) is 8.66. The van der Waals surface area contributed by atoms with Crippen LogP contribution in [0.5, 0.6) is 0 Å². The minimum Gasteiger partial charge on any atom is -0.466 e. The first-order valence-electron chi connectivity index (χ1n) is 8.30. The van der Waals surface area contributed by atoms with Gasteiger partial charge in [-0.2, -0.15) is 4.90 Å². The second-order valence-electron chi connectivity index (χ2n) is 7.60. The lowest BCUT2D eigenvalue weighted by Crippen LogP contribution is -2.44. The molecule has 0 aliphatic heterocycles. The Morgan fingerprint density at radius 2 is 1.52 bits per heavy atom. The van der Waals surface area contributed by atoms with E-state index >= 15 is 0 Å². The van der Waals surface area contributed by atoms with E-state index in [1.165, 1.54) is 31.5 Å². The molecular formula is C19H26N2O6. The number of methoxy groups -OCH3 is 1. The number of pyridine rings is 1. The molecule has 1 heterocycles. The highest BCUT2D eigenvalue weighted by Crippen LogP contribution is 2.21. The summed E-state index contributed by atoms with van der Waals surface area (Å²) in [5.41, 5.74) is -1.11. The zero-order valence-electron chi connectivity index (χ0n) is 16.7. The summed E-state index contributed by atoms with van der Waals surface area (Å²) in [5, 5.41) is 0. The van der Waals surface area contributed by atoms with Crippen molar-refractivity contribution in [3.63, 3.8) is 0 Å². The van der Waals surface area contributed by atoms with Gasteiger partial charge in [0.2, 0.25) is 0 Å². The number of rotatable bonds is 3. The van der Waals surface area contributed by atoms with Gasteiger partial charge in [0.25, 0.3) is 0 Å². The summed E-state index contributed by atoms with van der Waals surface area (Å²) < 4.78 is 15.1. The lowest BCUT2D eigenvalue weighted by Gasteiger charge is -2.28. The Morgan fingerprint density at radius 3 is 1.96 bits per heavy atom. The summed E-state index contributed by atoms with van der Waals surface area (Å²) in [6, 6.07) is 3.05. The predicted molar refractivity (Wildman–Crippen MR) is 100 cm³/mol. The Hall–Kier alpha value is -2.90. The average molecular weight is 378 g/mol. The van der Waals surface area contributed by atoms with Gasteiger partial charge in [0.1, 0.15) is 17.0 Å². The zero-order valence-corrected chi connectivity index (χ0v) is 16.7. The molecule has 0 bridgehead atoms. The fourth-order valence-corrected chi connectivity index (χ4v) is 1.77. The SMILES string of the molecule is COC(=O)/C=C/c1ccnc(N(C(=O)OC(C)(C)C)C(=O)OC(C)(C)C)c1. The molecule has 2 amide bonds. The third-order valence-electron chi connectivity index (χ3n) is 2.76. The summed E-state index contributed by atoms with van der Waals surface area (Å²) in [5.74, 6) is -0.532. The normalized spacial score (nSPS) is 11.8. The van der Waals surface area contributed by atoms with E-state index in [1.807, 2.05) is 0 Å². The number of carbonyl (C=O) groups is 3. The van der Waals surface area contributed by atoms with Crippen molar-refractivity contribution in [3.8, 4) is 0 Å². The summed E-state index contributed by atoms with van der Waals surface area (Å²) in [6.45, 7) is 10.1. The van der Waals surface area contributed by atoms with Crippen LogP contribution in [0.4, 0.5) is 15.4 Å². The van der Waals surface area contributed by atoms with Crippen LogP contribution in [-0.4, -0.2) is 41.5 Å². The number of aromatic nitrogens is 1. The number of imide groups is 1. The minimum atomic E-state index is -0.918. The molecule has 0 spiro atoms. The number of hydrogen-bond acceptors (Lipinski definition) is 7. The largest absolute Gasteiger partial charge is 0.466 e. The Morgan fingerprint density at radius 1 is 1.00 bits per heavy atom. The molecule has 0 aliphatic carbocycles. The average Bonchev–Trinajstić information content (AvgIpc) is 2.49. The van der Waals surface area contributed by atoms with E-state index in [2.05, 4.69) is 9.72 Å². The molecule has 0 aliphatic rings. The van der Waals surface area contributed by atoms with Crippen LogP contribution >= 0.6 is 0 Å². The molecule has 0 atom stereocenters. The standard InChI is InChI=1S/C19H26N2O6/c1-18(2,3)26-16(23)21(17(24)27-19(4,5)6)14-12-13(10-11-20-14)8-9-15(22)25-7/h8-12H,1-7H3/b9-8+. The molecule has 0 saturated carbocycles. The quantitative estimate of drug-likeness (QED) is 0.446. The van der Waals surface area contributed by atoms with Crippen molar-refractivity contribution in [2.75, 3.05) is 12.0 Å². The van der Waals surface area contributed by atoms with Crippen LogP contribution in [0.3, 0.4) is 0 Å². The summed E-state index contributed by atoms with van der Waals surface area (Å²) >= 11 is 0. The molecule has 1 rings (SSSR count). The molecular weight excluding hydrogens is 352 g/mol. The van der Waals surface area contributed by atoms with Crippen molar-refractivity contribution in [2.45, 2.75) is 52.7 Å². The summed E-state index contributed by atoms with van der Waals surface area (Å²) in [7, 11) is 1.26. The highest BCUT2D eigenvalue weighted by Gasteiger charge is 2.33. The molecule has 0 radical (unpaired) electrons. The van der Waals surface area contributed by atoms with Crippen LogP contribution < -0.4 is 4.90 Å². The molecule has 0 N–H and O–H groups in total. The number of amides is 2. The van der Waals surface area contributed by atoms with Crippen molar-refractivity contribution < 1.29 is 28.6 Å². The van der Waals surface area contributed by atoms with Crippen molar-refractivity contribution in [2.24, 2.45) is 0 Å². The molecule has 1 aromatic rings. The Balaban J connectivity index is 3.26. The highest BCUT2D eigenvalue weighted by atomic mass is 16.6. The van der Waals surface area contributed by atoms with Gasteiger partial charge in [0.15, 0.2) is 0 Å². The smallest absolute Gasteiger partial charge is 0.425 e. The lowest BCUT2D eigenvalue weighted by atomic mass is 10.2. The van der Waals surface area contributed by atoms with Crippen LogP contribution in [0.1, 0.15) is 47.1 Å². The van der Waals surface area contributed by atoms with E-state index in [-0.39, 0.29) is 5.82 Å². The highest BCUT2D eigenvalue weighted by molar-refractivity contribution is 6.08. The van der Waals surface area contributed by atoms with E-state index in [1.54, 1.807) is 47.6 Å². The molecule has 0 aromatic carbocycles. The Kier molecular flexibility index (Phi) is 7.10. The molecule has 8 nitrogen and oxygen atoms in total. The van der Waals surface area contributed by atoms with Gasteiger partial charge in [-0.15, -0.1) is 0 Å². The maximum atomic E-state index is 12.6. The van der Waals surface area contributed by atoms with Gasteiger partial charge in [-0.3, -0.25) is 0 Å². The molecule has 0 saturated heterocycles. The monoisotopic (exact) mass is 378 g/mol. The summed E-state index contributed by atoms with van der Waals surface area (Å²) in [4.78, 5) is 41.2. The van der Waals surface area contributed by atoms with E-state index in [0.29, 0.717) is 10.5 Å². The van der Waals surface area contributed by atoms with Crippen molar-refractivity contribution in [1.29, 1.82) is 0 Å². The van der Waals surface area contributed by atoms with Crippen LogP contribution in [0.2, 0.25) is 0 Å². The maximum Gasteiger partial charge on any atom is 0.425 e. The number of anilines is 1. The topological polar surface area (TPSA) is 95.0 Å². The van der Waals surface area contributed by atoms with Gasteiger partial charge < -0.3 is 14.2 Å². The minimum absolute atomic E-state index is 0.00511. The Bertz CT molecular complexity index is 700. The first-order chi connectivity index (χ1) is 12.3. The van der Waals surface area contributed by atoms with E-state index in [0.717, 1.165) is 0 Å². The van der Waals surface area contributed by atoms with Gasteiger partial charge >= 0.3 is 18.2 Å². The number of nitrogens with zero attached hydrogens (tertiary/aromatic N) is 2. The molecule has 148 valence electrons. The van der Waals surface area contributed by atoms with Gasteiger partial charge in [0, 0.05) is 12.3 Å². The predicted octanol–water partition coefficient (Wildman–Crippen LogP) is 3.94. The van der Waals surface area contributed by atoms with Crippen LogP contribution in [0.25, 0.3) is 6.08 Å². The lowest BCUT2D eigenvalue weighted by molar-refractivity contribution is -0.134. The first-order valence-corrected chi connectivity index (χ1v) is 8.30. The summed E-state index contributed by atoms with van der Waals surface area (Å²) in [6.07, 6.45) is 2.24. The third-order valence-corrected chi connectivity index (χ3v) is 2.76. The maximum absolute atomic E-state index is 12.6. The van der Waals surface area contributed by atoms with E-state index in [9.17, 15) is 14.4 Å². The number of carbonyl (C=O) groups excluding carboxylic acids is 3. The van der Waals surface area contributed by atoms with Crippen LogP contribution in [0, 0.1) is 0 Å². The fraction of sp³-hybridized carbons (Fsp3) is 0.474. The zero-order chi connectivity index (χ0) is 20.8. The van der Waals surface area contributed by atoms with Crippen LogP contribution in [0.15, 0.2) is 24.4 Å². The van der Waals surface area contributed by atoms with Gasteiger partial charge in [0.05, 0.1) is 7.11 Å². The van der Waals surface area contributed by atoms with Crippen LogP contribution in [-0.2, 0) is 19.0 Å². The van der Waals surface area contributed by atoms with Gasteiger partial charge in [-0.25, -0.2) is 19.4 Å². The van der Waals surface area contributed by atoms with Crippen molar-refractivity contribution in [1.82, 2.24) is 4.98 Å². The van der Waals surface area contributed by atoms with Gasteiger partial charge in [-0.05, 0) is 65.3 Å². The first kappa shape index (κ1) is 22.1. The number of ether oxygens (including phenoxy) is 3. The van der Waals surface area contributed by atoms with E-state index < -0.39 is 29.4 Å². The molecule has 1 aromatic heterocycles.